The van der Waals surface area contributed by atoms with Crippen molar-refractivity contribution in [2.75, 3.05) is 20.8 Å². The van der Waals surface area contributed by atoms with Gasteiger partial charge in [0.1, 0.15) is 36.0 Å². The number of nitriles is 1. The molecule has 5 aromatic rings. The van der Waals surface area contributed by atoms with Gasteiger partial charge in [-0.25, -0.2) is 27.9 Å². The molecule has 0 saturated carbocycles. The lowest BCUT2D eigenvalue weighted by molar-refractivity contribution is 0.0601. The van der Waals surface area contributed by atoms with Crippen molar-refractivity contribution in [2.45, 2.75) is 19.6 Å². The molecule has 2 heterocycles. The van der Waals surface area contributed by atoms with Crippen molar-refractivity contribution >= 4 is 17.0 Å². The molecule has 0 saturated heterocycles. The third-order valence-corrected chi connectivity index (χ3v) is 6.82. The van der Waals surface area contributed by atoms with Gasteiger partial charge in [-0.3, -0.25) is 0 Å². The van der Waals surface area contributed by atoms with Crippen LogP contribution in [0.25, 0.3) is 22.3 Å². The number of imidazole rings is 1. The summed E-state index contributed by atoms with van der Waals surface area (Å²) in [5, 5.41) is 8.85. The maximum Gasteiger partial charge on any atom is 0.337 e. The van der Waals surface area contributed by atoms with E-state index < -0.39 is 29.0 Å². The number of ether oxygens (including phenoxy) is 3. The summed E-state index contributed by atoms with van der Waals surface area (Å²) < 4.78 is 61.1. The SMILES string of the molecule is COCCn1c(Cc2ccc(-c3cccc(OCc4cc(F)c(C#N)cc4F)n3)cc2F)nc2ccc(C(=O)OC)cc21. The lowest BCUT2D eigenvalue weighted by Crippen LogP contribution is -2.10. The average molecular weight is 587 g/mol. The number of nitrogens with zero attached hydrogens (tertiary/aromatic N) is 4. The molecule has 0 N–H and O–H groups in total. The van der Waals surface area contributed by atoms with Gasteiger partial charge in [-0.1, -0.05) is 18.2 Å². The molecule has 43 heavy (non-hydrogen) atoms. The Hall–Kier alpha value is -5.21. The van der Waals surface area contributed by atoms with E-state index in [0.29, 0.717) is 52.4 Å². The Labute approximate surface area is 244 Å². The fourth-order valence-corrected chi connectivity index (χ4v) is 4.60. The first-order valence-electron chi connectivity index (χ1n) is 13.1. The Morgan fingerprint density at radius 2 is 1.74 bits per heavy atom. The summed E-state index contributed by atoms with van der Waals surface area (Å²) in [6.07, 6.45) is 0.182. The Morgan fingerprint density at radius 1 is 0.930 bits per heavy atom. The predicted molar refractivity (Wildman–Crippen MR) is 151 cm³/mol. The number of benzene rings is 3. The van der Waals surface area contributed by atoms with Crippen molar-refractivity contribution in [3.8, 4) is 23.2 Å². The molecule has 218 valence electrons. The van der Waals surface area contributed by atoms with Crippen LogP contribution in [0.3, 0.4) is 0 Å². The van der Waals surface area contributed by atoms with Crippen molar-refractivity contribution < 1.29 is 32.2 Å². The van der Waals surface area contributed by atoms with Gasteiger partial charge in [0, 0.05) is 37.3 Å². The van der Waals surface area contributed by atoms with E-state index in [4.69, 9.17) is 19.5 Å². The van der Waals surface area contributed by atoms with Crippen LogP contribution in [0.15, 0.2) is 66.7 Å². The minimum absolute atomic E-state index is 0.0721. The minimum atomic E-state index is -0.847. The molecule has 2 aromatic heterocycles. The molecule has 5 rings (SSSR count). The second-order valence-electron chi connectivity index (χ2n) is 9.54. The van der Waals surface area contributed by atoms with Crippen LogP contribution in [0.4, 0.5) is 13.2 Å². The zero-order valence-electron chi connectivity index (χ0n) is 23.2. The summed E-state index contributed by atoms with van der Waals surface area (Å²) in [7, 11) is 2.89. The van der Waals surface area contributed by atoms with Crippen LogP contribution in [0.2, 0.25) is 0 Å². The smallest absolute Gasteiger partial charge is 0.337 e. The molecule has 0 aliphatic carbocycles. The largest absolute Gasteiger partial charge is 0.473 e. The second kappa shape index (κ2) is 12.8. The number of carbonyl (C=O) groups is 1. The number of pyridine rings is 1. The van der Waals surface area contributed by atoms with Crippen LogP contribution in [0.5, 0.6) is 5.88 Å². The standard InChI is InChI=1S/C32H25F3N4O4/c1-41-11-10-39-29-15-21(32(40)42-2)8-9-28(29)37-30(39)16-19-6-7-20(12-24(19)33)27-4-3-5-31(38-27)43-18-23-14-25(34)22(17-36)13-26(23)35/h3-9,12-15H,10-11,16,18H2,1-2H3. The highest BCUT2D eigenvalue weighted by atomic mass is 19.1. The summed E-state index contributed by atoms with van der Waals surface area (Å²) >= 11 is 0. The third-order valence-electron chi connectivity index (χ3n) is 6.82. The fraction of sp³-hybridized carbons (Fsp3) is 0.188. The first-order valence-corrected chi connectivity index (χ1v) is 13.1. The van der Waals surface area contributed by atoms with E-state index in [1.807, 2.05) is 4.57 Å². The monoisotopic (exact) mass is 586 g/mol. The van der Waals surface area contributed by atoms with Gasteiger partial charge >= 0.3 is 5.97 Å². The number of methoxy groups -OCH3 is 2. The molecule has 8 nitrogen and oxygen atoms in total. The van der Waals surface area contributed by atoms with E-state index >= 15 is 4.39 Å². The van der Waals surface area contributed by atoms with Crippen molar-refractivity contribution in [1.29, 1.82) is 5.26 Å². The van der Waals surface area contributed by atoms with Crippen molar-refractivity contribution in [2.24, 2.45) is 0 Å². The lowest BCUT2D eigenvalue weighted by atomic mass is 10.1. The average Bonchev–Trinajstić information content (AvgIpc) is 3.36. The Kier molecular flexibility index (Phi) is 8.69. The summed E-state index contributed by atoms with van der Waals surface area (Å²) in [5.41, 5.74) is 2.57. The highest BCUT2D eigenvalue weighted by molar-refractivity contribution is 5.93. The predicted octanol–water partition coefficient (Wildman–Crippen LogP) is 5.99. The normalized spacial score (nSPS) is 11.0. The quantitative estimate of drug-likeness (QED) is 0.185. The number of fused-ring (bicyclic) bond motifs is 1. The highest BCUT2D eigenvalue weighted by Crippen LogP contribution is 2.26. The number of hydrogen-bond donors (Lipinski definition) is 0. The fourth-order valence-electron chi connectivity index (χ4n) is 4.60. The Morgan fingerprint density at radius 3 is 2.49 bits per heavy atom. The topological polar surface area (TPSA) is 99.3 Å². The molecule has 3 aromatic carbocycles. The molecule has 0 aliphatic rings. The van der Waals surface area contributed by atoms with Crippen LogP contribution in [0, 0.1) is 28.8 Å². The van der Waals surface area contributed by atoms with Crippen molar-refractivity contribution in [3.05, 3.63) is 112 Å². The molecule has 0 aliphatic heterocycles. The zero-order chi connectivity index (χ0) is 30.5. The molecule has 0 spiro atoms. The number of hydrogen-bond acceptors (Lipinski definition) is 7. The maximum absolute atomic E-state index is 15.4. The van der Waals surface area contributed by atoms with Gasteiger partial charge in [-0.05, 0) is 48.0 Å². The molecular formula is C32H25F3N4O4. The Balaban J connectivity index is 1.37. The summed E-state index contributed by atoms with van der Waals surface area (Å²) in [6, 6.07) is 17.9. The summed E-state index contributed by atoms with van der Waals surface area (Å²) in [6.45, 7) is 0.519. The number of carbonyl (C=O) groups excluding carboxylic acids is 1. The first-order chi connectivity index (χ1) is 20.8. The van der Waals surface area contributed by atoms with Gasteiger partial charge in [-0.15, -0.1) is 0 Å². The van der Waals surface area contributed by atoms with Crippen LogP contribution < -0.4 is 4.74 Å². The van der Waals surface area contributed by atoms with E-state index in [2.05, 4.69) is 9.97 Å². The molecule has 0 radical (unpaired) electrons. The first kappa shape index (κ1) is 29.3. The van der Waals surface area contributed by atoms with Gasteiger partial charge in [0.2, 0.25) is 5.88 Å². The molecule has 11 heteroatoms. The van der Waals surface area contributed by atoms with Crippen LogP contribution in [-0.2, 0) is 29.0 Å². The second-order valence-corrected chi connectivity index (χ2v) is 9.54. The van der Waals surface area contributed by atoms with Crippen molar-refractivity contribution in [1.82, 2.24) is 14.5 Å². The van der Waals surface area contributed by atoms with Crippen LogP contribution in [0.1, 0.15) is 32.9 Å². The maximum atomic E-state index is 15.4. The van der Waals surface area contributed by atoms with Gasteiger partial charge < -0.3 is 18.8 Å². The van der Waals surface area contributed by atoms with Crippen LogP contribution in [-0.4, -0.2) is 41.3 Å². The number of esters is 1. The van der Waals surface area contributed by atoms with E-state index in [-0.39, 0.29) is 24.5 Å². The minimum Gasteiger partial charge on any atom is -0.473 e. The van der Waals surface area contributed by atoms with E-state index in [9.17, 15) is 13.6 Å². The lowest BCUT2D eigenvalue weighted by Gasteiger charge is -2.11. The van der Waals surface area contributed by atoms with E-state index in [1.165, 1.54) is 13.2 Å². The molecular weight excluding hydrogens is 561 g/mol. The molecule has 0 amide bonds. The van der Waals surface area contributed by atoms with E-state index in [1.54, 1.807) is 61.7 Å². The zero-order valence-corrected chi connectivity index (χ0v) is 23.2. The number of aromatic nitrogens is 3. The van der Waals surface area contributed by atoms with Gasteiger partial charge in [0.25, 0.3) is 0 Å². The molecule has 0 atom stereocenters. The third kappa shape index (κ3) is 6.34. The van der Waals surface area contributed by atoms with E-state index in [0.717, 1.165) is 12.1 Å². The summed E-state index contributed by atoms with van der Waals surface area (Å²) in [5.74, 6) is -1.83. The molecule has 0 unspecified atom stereocenters. The Bertz CT molecular complexity index is 1870. The molecule has 0 bridgehead atoms. The van der Waals surface area contributed by atoms with Gasteiger partial charge in [0.05, 0.1) is 41.6 Å². The van der Waals surface area contributed by atoms with Crippen molar-refractivity contribution in [3.63, 3.8) is 0 Å². The van der Waals surface area contributed by atoms with Gasteiger partial charge in [0.15, 0.2) is 0 Å². The summed E-state index contributed by atoms with van der Waals surface area (Å²) in [4.78, 5) is 21.1. The molecule has 0 fully saturated rings. The van der Waals surface area contributed by atoms with Gasteiger partial charge in [-0.2, -0.15) is 5.26 Å². The van der Waals surface area contributed by atoms with Crippen LogP contribution >= 0.6 is 0 Å². The number of halogens is 3. The highest BCUT2D eigenvalue weighted by Gasteiger charge is 2.17. The number of rotatable bonds is 10.